The van der Waals surface area contributed by atoms with Gasteiger partial charge in [-0.2, -0.15) is 0 Å². The van der Waals surface area contributed by atoms with Gasteiger partial charge in [-0.3, -0.25) is 9.69 Å². The Bertz CT molecular complexity index is 354. The van der Waals surface area contributed by atoms with Crippen molar-refractivity contribution in [3.63, 3.8) is 0 Å². The third kappa shape index (κ3) is 3.47. The first-order chi connectivity index (χ1) is 7.58. The van der Waals surface area contributed by atoms with Gasteiger partial charge in [-0.15, -0.1) is 11.3 Å². The van der Waals surface area contributed by atoms with Crippen molar-refractivity contribution in [1.82, 2.24) is 4.90 Å². The van der Waals surface area contributed by atoms with Gasteiger partial charge in [0.25, 0.3) is 0 Å². The molecule has 0 saturated heterocycles. The average molecular weight is 262 g/mol. The lowest BCUT2D eigenvalue weighted by atomic mass is 10.2. The van der Waals surface area contributed by atoms with Gasteiger partial charge in [0.05, 0.1) is 4.34 Å². The van der Waals surface area contributed by atoms with Crippen molar-refractivity contribution in [2.45, 2.75) is 32.9 Å². The number of rotatable bonds is 6. The van der Waals surface area contributed by atoms with Crippen LogP contribution in [0, 0.1) is 0 Å². The van der Waals surface area contributed by atoms with Crippen LogP contribution in [-0.4, -0.2) is 28.6 Å². The SMILES string of the molecule is CCC(C(=O)O)N(CC)Cc1ccc(Cl)s1. The second-order valence-corrected chi connectivity index (χ2v) is 5.33. The van der Waals surface area contributed by atoms with E-state index in [1.54, 1.807) is 0 Å². The maximum absolute atomic E-state index is 11.1. The van der Waals surface area contributed by atoms with Gasteiger partial charge < -0.3 is 5.11 Å². The van der Waals surface area contributed by atoms with Gasteiger partial charge in [-0.05, 0) is 25.1 Å². The van der Waals surface area contributed by atoms with Gasteiger partial charge in [0.1, 0.15) is 6.04 Å². The minimum atomic E-state index is -0.757. The predicted molar refractivity (Wildman–Crippen MR) is 67.1 cm³/mol. The van der Waals surface area contributed by atoms with E-state index in [2.05, 4.69) is 0 Å². The van der Waals surface area contributed by atoms with Gasteiger partial charge in [0.15, 0.2) is 0 Å². The normalized spacial score (nSPS) is 13.0. The lowest BCUT2D eigenvalue weighted by molar-refractivity contribution is -0.143. The summed E-state index contributed by atoms with van der Waals surface area (Å²) >= 11 is 7.35. The lowest BCUT2D eigenvalue weighted by Crippen LogP contribution is -2.39. The molecule has 1 N–H and O–H groups in total. The number of halogens is 1. The number of carboxylic acids is 1. The zero-order chi connectivity index (χ0) is 12.1. The van der Waals surface area contributed by atoms with Gasteiger partial charge in [0.2, 0.25) is 0 Å². The first-order valence-corrected chi connectivity index (χ1v) is 6.49. The van der Waals surface area contributed by atoms with Crippen LogP contribution in [0.2, 0.25) is 4.34 Å². The van der Waals surface area contributed by atoms with Crippen molar-refractivity contribution in [1.29, 1.82) is 0 Å². The van der Waals surface area contributed by atoms with E-state index in [0.29, 0.717) is 13.0 Å². The van der Waals surface area contributed by atoms with Gasteiger partial charge in [-0.25, -0.2) is 0 Å². The van der Waals surface area contributed by atoms with Crippen molar-refractivity contribution in [3.8, 4) is 0 Å². The van der Waals surface area contributed by atoms with Crippen LogP contribution in [0.3, 0.4) is 0 Å². The lowest BCUT2D eigenvalue weighted by Gasteiger charge is -2.25. The number of likely N-dealkylation sites (N-methyl/N-ethyl adjacent to an activating group) is 1. The highest BCUT2D eigenvalue weighted by molar-refractivity contribution is 7.16. The summed E-state index contributed by atoms with van der Waals surface area (Å²) in [4.78, 5) is 14.1. The van der Waals surface area contributed by atoms with Crippen LogP contribution in [0.5, 0.6) is 0 Å². The summed E-state index contributed by atoms with van der Waals surface area (Å²) in [5, 5.41) is 9.09. The summed E-state index contributed by atoms with van der Waals surface area (Å²) in [6, 6.07) is 3.38. The van der Waals surface area contributed by atoms with E-state index in [0.717, 1.165) is 15.8 Å². The highest BCUT2D eigenvalue weighted by atomic mass is 35.5. The molecule has 5 heteroatoms. The van der Waals surface area contributed by atoms with Crippen molar-refractivity contribution in [2.24, 2.45) is 0 Å². The Hall–Kier alpha value is -0.580. The molecule has 1 rings (SSSR count). The number of carboxylic acid groups (broad SMARTS) is 1. The van der Waals surface area contributed by atoms with Crippen molar-refractivity contribution in [2.75, 3.05) is 6.54 Å². The van der Waals surface area contributed by atoms with Gasteiger partial charge in [0, 0.05) is 11.4 Å². The molecule has 0 bridgehead atoms. The molecule has 0 saturated carbocycles. The molecule has 1 heterocycles. The summed E-state index contributed by atoms with van der Waals surface area (Å²) in [6.07, 6.45) is 0.613. The van der Waals surface area contributed by atoms with E-state index in [4.69, 9.17) is 16.7 Å². The van der Waals surface area contributed by atoms with Crippen molar-refractivity contribution in [3.05, 3.63) is 21.3 Å². The van der Waals surface area contributed by atoms with E-state index in [9.17, 15) is 4.79 Å². The molecule has 0 radical (unpaired) electrons. The Kier molecular flexibility index (Phi) is 5.25. The summed E-state index contributed by atoms with van der Waals surface area (Å²) in [5.41, 5.74) is 0. The molecule has 1 aromatic heterocycles. The molecular weight excluding hydrogens is 246 g/mol. The largest absolute Gasteiger partial charge is 0.480 e. The standard InChI is InChI=1S/C11H16ClNO2S/c1-3-9(11(14)15)13(4-2)7-8-5-6-10(12)16-8/h5-6,9H,3-4,7H2,1-2H3,(H,14,15). The maximum atomic E-state index is 11.1. The summed E-state index contributed by atoms with van der Waals surface area (Å²) in [5.74, 6) is -0.757. The minimum absolute atomic E-state index is 0.411. The van der Waals surface area contributed by atoms with Crippen LogP contribution in [0.15, 0.2) is 12.1 Å². The molecule has 0 amide bonds. The molecule has 16 heavy (non-hydrogen) atoms. The third-order valence-corrected chi connectivity index (χ3v) is 3.72. The predicted octanol–water partition coefficient (Wildman–Crippen LogP) is 3.09. The van der Waals surface area contributed by atoms with E-state index in [1.807, 2.05) is 30.9 Å². The maximum Gasteiger partial charge on any atom is 0.320 e. The highest BCUT2D eigenvalue weighted by Crippen LogP contribution is 2.23. The van der Waals surface area contributed by atoms with E-state index >= 15 is 0 Å². The molecule has 0 aliphatic heterocycles. The van der Waals surface area contributed by atoms with Gasteiger partial charge >= 0.3 is 5.97 Å². The molecule has 3 nitrogen and oxygen atoms in total. The second kappa shape index (κ2) is 6.23. The van der Waals surface area contributed by atoms with Crippen molar-refractivity contribution >= 4 is 28.9 Å². The highest BCUT2D eigenvalue weighted by Gasteiger charge is 2.22. The zero-order valence-electron chi connectivity index (χ0n) is 9.44. The van der Waals surface area contributed by atoms with Crippen LogP contribution in [-0.2, 0) is 11.3 Å². The Labute approximate surface area is 105 Å². The van der Waals surface area contributed by atoms with E-state index < -0.39 is 12.0 Å². The molecule has 0 aliphatic rings. The Morgan fingerprint density at radius 1 is 1.56 bits per heavy atom. The van der Waals surface area contributed by atoms with Crippen LogP contribution < -0.4 is 0 Å². The number of hydrogen-bond donors (Lipinski definition) is 1. The topological polar surface area (TPSA) is 40.5 Å². The van der Waals surface area contributed by atoms with Gasteiger partial charge in [-0.1, -0.05) is 25.4 Å². The molecule has 90 valence electrons. The summed E-state index contributed by atoms with van der Waals surface area (Å²) < 4.78 is 0.745. The third-order valence-electron chi connectivity index (χ3n) is 2.51. The van der Waals surface area contributed by atoms with Crippen LogP contribution in [0.1, 0.15) is 25.1 Å². The van der Waals surface area contributed by atoms with E-state index in [-0.39, 0.29) is 0 Å². The molecule has 0 aliphatic carbocycles. The minimum Gasteiger partial charge on any atom is -0.480 e. The summed E-state index contributed by atoms with van der Waals surface area (Å²) in [6.45, 7) is 5.24. The van der Waals surface area contributed by atoms with E-state index in [1.165, 1.54) is 11.3 Å². The monoisotopic (exact) mass is 261 g/mol. The average Bonchev–Trinajstić information content (AvgIpc) is 2.63. The number of nitrogens with zero attached hydrogens (tertiary/aromatic N) is 1. The van der Waals surface area contributed by atoms with Crippen LogP contribution in [0.25, 0.3) is 0 Å². The Morgan fingerprint density at radius 3 is 2.62 bits per heavy atom. The smallest absolute Gasteiger partial charge is 0.320 e. The Morgan fingerprint density at radius 2 is 2.25 bits per heavy atom. The molecule has 0 spiro atoms. The molecule has 1 atom stereocenters. The quantitative estimate of drug-likeness (QED) is 0.856. The molecular formula is C11H16ClNO2S. The summed E-state index contributed by atoms with van der Waals surface area (Å²) in [7, 11) is 0. The fraction of sp³-hybridized carbons (Fsp3) is 0.545. The molecule has 0 fully saturated rings. The van der Waals surface area contributed by atoms with Crippen LogP contribution >= 0.6 is 22.9 Å². The first-order valence-electron chi connectivity index (χ1n) is 5.29. The zero-order valence-corrected chi connectivity index (χ0v) is 11.0. The Balaban J connectivity index is 2.70. The fourth-order valence-electron chi connectivity index (χ4n) is 1.67. The fourth-order valence-corrected chi connectivity index (χ4v) is 2.78. The van der Waals surface area contributed by atoms with Crippen LogP contribution in [0.4, 0.5) is 0 Å². The molecule has 1 unspecified atom stereocenters. The number of aliphatic carboxylic acids is 1. The number of thiophene rings is 1. The molecule has 0 aromatic carbocycles. The molecule has 1 aromatic rings. The van der Waals surface area contributed by atoms with Crippen molar-refractivity contribution < 1.29 is 9.90 Å². The second-order valence-electron chi connectivity index (χ2n) is 3.53. The first kappa shape index (κ1) is 13.5. The number of hydrogen-bond acceptors (Lipinski definition) is 3. The number of carbonyl (C=O) groups is 1.